The van der Waals surface area contributed by atoms with Crippen LogP contribution in [-0.2, 0) is 0 Å². The Hall–Kier alpha value is -1.35. The zero-order chi connectivity index (χ0) is 18.0. The van der Waals surface area contributed by atoms with Gasteiger partial charge in [-0.3, -0.25) is 4.79 Å². The number of amides is 1. The van der Waals surface area contributed by atoms with Gasteiger partial charge in [-0.2, -0.15) is 0 Å². The van der Waals surface area contributed by atoms with Crippen molar-refractivity contribution in [2.24, 2.45) is 0 Å². The van der Waals surface area contributed by atoms with E-state index >= 15 is 0 Å². The summed E-state index contributed by atoms with van der Waals surface area (Å²) >= 11 is 0. The summed E-state index contributed by atoms with van der Waals surface area (Å²) in [4.78, 5) is 15.4. The van der Waals surface area contributed by atoms with Gasteiger partial charge in [-0.25, -0.2) is 0 Å². The summed E-state index contributed by atoms with van der Waals surface area (Å²) in [6.45, 7) is 14.1. The molecule has 1 aliphatic heterocycles. The van der Waals surface area contributed by atoms with Crippen molar-refractivity contribution in [1.82, 2.24) is 10.2 Å². The van der Waals surface area contributed by atoms with Gasteiger partial charge in [0, 0.05) is 29.2 Å². The van der Waals surface area contributed by atoms with Gasteiger partial charge in [0.25, 0.3) is 5.91 Å². The molecule has 0 spiro atoms. The Balaban J connectivity index is 2.28. The molecule has 1 saturated heterocycles. The fraction of sp³-hybridized carbons (Fsp3) is 0.667. The van der Waals surface area contributed by atoms with Crippen molar-refractivity contribution >= 4 is 5.91 Å². The topological polar surface area (TPSA) is 32.3 Å². The third-order valence-electron chi connectivity index (χ3n) is 4.89. The minimum Gasteiger partial charge on any atom is -0.336 e. The molecule has 24 heavy (non-hydrogen) atoms. The highest BCUT2D eigenvalue weighted by atomic mass is 16.2. The summed E-state index contributed by atoms with van der Waals surface area (Å²) < 4.78 is 0. The van der Waals surface area contributed by atoms with Gasteiger partial charge in [0.05, 0.1) is 0 Å². The van der Waals surface area contributed by atoms with E-state index in [1.54, 1.807) is 0 Å². The number of nitrogens with one attached hydrogen (secondary N) is 1. The predicted octanol–water partition coefficient (Wildman–Crippen LogP) is 4.55. The summed E-state index contributed by atoms with van der Waals surface area (Å²) in [5, 5.41) is 3.72. The number of benzene rings is 1. The molecule has 0 saturated carbocycles. The zero-order valence-electron chi connectivity index (χ0n) is 16.3. The van der Waals surface area contributed by atoms with E-state index < -0.39 is 0 Å². The molecular weight excluding hydrogens is 296 g/mol. The van der Waals surface area contributed by atoms with Gasteiger partial charge in [0.1, 0.15) is 0 Å². The molecular formula is C21H34N2O. The molecule has 0 atom stereocenters. The highest BCUT2D eigenvalue weighted by molar-refractivity contribution is 5.94. The van der Waals surface area contributed by atoms with Crippen molar-refractivity contribution in [2.45, 2.75) is 84.3 Å². The van der Waals surface area contributed by atoms with Crippen LogP contribution in [0.4, 0.5) is 0 Å². The average Bonchev–Trinajstić information content (AvgIpc) is 2.44. The van der Waals surface area contributed by atoms with Crippen molar-refractivity contribution < 1.29 is 4.79 Å². The molecule has 3 nitrogen and oxygen atoms in total. The van der Waals surface area contributed by atoms with Gasteiger partial charge >= 0.3 is 0 Å². The van der Waals surface area contributed by atoms with Gasteiger partial charge < -0.3 is 10.2 Å². The van der Waals surface area contributed by atoms with Crippen molar-refractivity contribution in [1.29, 1.82) is 0 Å². The van der Waals surface area contributed by atoms with Crippen molar-refractivity contribution in [3.8, 4) is 0 Å². The fourth-order valence-corrected chi connectivity index (χ4v) is 4.21. The predicted molar refractivity (Wildman–Crippen MR) is 101 cm³/mol. The van der Waals surface area contributed by atoms with Crippen LogP contribution in [0.15, 0.2) is 24.3 Å². The van der Waals surface area contributed by atoms with E-state index in [4.69, 9.17) is 0 Å². The van der Waals surface area contributed by atoms with Crippen LogP contribution >= 0.6 is 0 Å². The number of aryl methyl sites for hydroxylation is 1. The number of nitrogens with zero attached hydrogens (tertiary/aromatic N) is 1. The Morgan fingerprint density at radius 2 is 1.83 bits per heavy atom. The summed E-state index contributed by atoms with van der Waals surface area (Å²) in [5.74, 6) is 0.186. The Labute approximate surface area is 147 Å². The normalized spacial score (nSPS) is 19.9. The van der Waals surface area contributed by atoms with Crippen molar-refractivity contribution in [3.63, 3.8) is 0 Å². The molecule has 1 aliphatic rings. The van der Waals surface area contributed by atoms with Crippen molar-refractivity contribution in [2.75, 3.05) is 6.54 Å². The maximum absolute atomic E-state index is 13.2. The van der Waals surface area contributed by atoms with Crippen LogP contribution in [0.5, 0.6) is 0 Å². The Kier molecular flexibility index (Phi) is 5.74. The van der Waals surface area contributed by atoms with E-state index in [0.717, 1.165) is 43.4 Å². The number of rotatable bonds is 5. The second-order valence-electron chi connectivity index (χ2n) is 8.68. The van der Waals surface area contributed by atoms with Crippen LogP contribution in [0.1, 0.15) is 76.2 Å². The third-order valence-corrected chi connectivity index (χ3v) is 4.89. The summed E-state index contributed by atoms with van der Waals surface area (Å²) in [6.07, 6.45) is 4.16. The van der Waals surface area contributed by atoms with Gasteiger partial charge in [0.15, 0.2) is 0 Å². The van der Waals surface area contributed by atoms with E-state index in [2.05, 4.69) is 44.8 Å². The average molecular weight is 331 g/mol. The summed E-state index contributed by atoms with van der Waals surface area (Å²) in [7, 11) is 0. The zero-order valence-corrected chi connectivity index (χ0v) is 16.3. The Morgan fingerprint density at radius 1 is 1.21 bits per heavy atom. The molecule has 134 valence electrons. The molecule has 3 heteroatoms. The maximum atomic E-state index is 13.2. The molecule has 0 aromatic heterocycles. The lowest BCUT2D eigenvalue weighted by molar-refractivity contribution is 0.0441. The monoisotopic (exact) mass is 330 g/mol. The molecule has 0 unspecified atom stereocenters. The van der Waals surface area contributed by atoms with Gasteiger partial charge in [-0.1, -0.05) is 31.0 Å². The second-order valence-corrected chi connectivity index (χ2v) is 8.68. The van der Waals surface area contributed by atoms with Gasteiger partial charge in [0.2, 0.25) is 0 Å². The van der Waals surface area contributed by atoms with E-state index in [0.29, 0.717) is 0 Å². The lowest BCUT2D eigenvalue weighted by Gasteiger charge is -2.49. The SMILES string of the molecule is CCCCN(C(=O)c1cccc(C)c1)C1CC(C)(C)NC(C)(C)C1. The number of hydrogen-bond acceptors (Lipinski definition) is 2. The van der Waals surface area contributed by atoms with Crippen LogP contribution in [0.2, 0.25) is 0 Å². The second kappa shape index (κ2) is 7.26. The highest BCUT2D eigenvalue weighted by Gasteiger charge is 2.41. The van der Waals surface area contributed by atoms with Crippen LogP contribution < -0.4 is 5.32 Å². The quantitative estimate of drug-likeness (QED) is 0.859. The smallest absolute Gasteiger partial charge is 0.254 e. The fourth-order valence-electron chi connectivity index (χ4n) is 4.21. The van der Waals surface area contributed by atoms with Crippen LogP contribution in [0.25, 0.3) is 0 Å². The maximum Gasteiger partial charge on any atom is 0.254 e. The molecule has 1 N–H and O–H groups in total. The first-order valence-corrected chi connectivity index (χ1v) is 9.30. The molecule has 1 heterocycles. The van der Waals surface area contributed by atoms with E-state index in [1.807, 2.05) is 31.2 Å². The lowest BCUT2D eigenvalue weighted by atomic mass is 9.78. The largest absolute Gasteiger partial charge is 0.336 e. The number of piperidine rings is 1. The first-order chi connectivity index (χ1) is 11.1. The van der Waals surface area contributed by atoms with Gasteiger partial charge in [-0.15, -0.1) is 0 Å². The first kappa shape index (κ1) is 19.0. The minimum atomic E-state index is 0.0454. The first-order valence-electron chi connectivity index (χ1n) is 9.30. The molecule has 0 radical (unpaired) electrons. The standard InChI is InChI=1S/C21H34N2O/c1-7-8-12-23(19(24)17-11-9-10-16(2)13-17)18-14-20(3,4)22-21(5,6)15-18/h9-11,13,18,22H,7-8,12,14-15H2,1-6H3. The molecule has 1 aromatic carbocycles. The van der Waals surface area contributed by atoms with Gasteiger partial charge in [-0.05, 0) is 66.0 Å². The van der Waals surface area contributed by atoms with Crippen LogP contribution in [0, 0.1) is 6.92 Å². The molecule has 1 fully saturated rings. The highest BCUT2D eigenvalue weighted by Crippen LogP contribution is 2.32. The molecule has 2 rings (SSSR count). The Morgan fingerprint density at radius 3 is 2.38 bits per heavy atom. The minimum absolute atomic E-state index is 0.0454. The molecule has 0 bridgehead atoms. The van der Waals surface area contributed by atoms with Crippen molar-refractivity contribution in [3.05, 3.63) is 35.4 Å². The van der Waals surface area contributed by atoms with E-state index in [-0.39, 0.29) is 23.0 Å². The number of unbranched alkanes of at least 4 members (excludes halogenated alkanes) is 1. The third kappa shape index (κ3) is 4.83. The molecule has 1 aromatic rings. The number of hydrogen-bond donors (Lipinski definition) is 1. The molecule has 0 aliphatic carbocycles. The summed E-state index contributed by atoms with van der Waals surface area (Å²) in [6, 6.07) is 8.28. The Bertz CT molecular complexity index is 561. The lowest BCUT2D eigenvalue weighted by Crippen LogP contribution is -2.62. The van der Waals surface area contributed by atoms with Crippen LogP contribution in [-0.4, -0.2) is 34.5 Å². The number of carbonyl (C=O) groups is 1. The summed E-state index contributed by atoms with van der Waals surface area (Å²) in [5.41, 5.74) is 2.05. The van der Waals surface area contributed by atoms with E-state index in [1.165, 1.54) is 0 Å². The molecule has 1 amide bonds. The van der Waals surface area contributed by atoms with Crippen LogP contribution in [0.3, 0.4) is 0 Å². The van der Waals surface area contributed by atoms with E-state index in [9.17, 15) is 4.79 Å². The number of carbonyl (C=O) groups excluding carboxylic acids is 1.